The monoisotopic (exact) mass is 116 g/mol. The van der Waals surface area contributed by atoms with E-state index in [9.17, 15) is 4.79 Å². The van der Waals surface area contributed by atoms with Gasteiger partial charge in [0.1, 0.15) is 0 Å². The topological polar surface area (TPSA) is 17.1 Å². The van der Waals surface area contributed by atoms with Gasteiger partial charge in [0.2, 0.25) is 5.12 Å². The Hall–Kier alpha value is -0.240. The van der Waals surface area contributed by atoms with Crippen molar-refractivity contribution in [2.75, 3.05) is 0 Å². The number of hydrogen-bond acceptors (Lipinski definition) is 1. The van der Waals surface area contributed by atoms with Gasteiger partial charge in [0.05, 0.1) is 0 Å². The minimum atomic E-state index is -0.179. The number of carbonyl (C=O) groups is 1. The van der Waals surface area contributed by atoms with Gasteiger partial charge in [-0.3, -0.25) is 4.79 Å². The zero-order valence-electron chi connectivity index (χ0n) is 4.22. The van der Waals surface area contributed by atoms with E-state index in [1.807, 2.05) is 6.92 Å². The lowest BCUT2D eigenvalue weighted by molar-refractivity contribution is -0.106. The van der Waals surface area contributed by atoms with Crippen LogP contribution < -0.4 is 0 Å². The molecule has 7 heavy (non-hydrogen) atoms. The first-order valence-corrected chi connectivity index (χ1v) is 2.61. The molecule has 0 radical (unpaired) electrons. The molecule has 0 saturated heterocycles. The first-order chi connectivity index (χ1) is 3.27. The van der Waals surface area contributed by atoms with Gasteiger partial charge in [-0.15, -0.1) is 12.6 Å². The molecular formula is C5H8OS. The molecule has 0 aliphatic rings. The summed E-state index contributed by atoms with van der Waals surface area (Å²) >= 11 is 3.51. The standard InChI is InChI=1S/C5H8OS/c1-2-3-4-5(6)7/h3-4H,2H2,1H3,(H,6,7)/b4-3+. The Morgan fingerprint density at radius 2 is 2.43 bits per heavy atom. The van der Waals surface area contributed by atoms with E-state index in [4.69, 9.17) is 0 Å². The van der Waals surface area contributed by atoms with Gasteiger partial charge in [-0.2, -0.15) is 0 Å². The van der Waals surface area contributed by atoms with Crippen LogP contribution in [0.1, 0.15) is 13.3 Å². The quantitative estimate of drug-likeness (QED) is 0.426. The number of thiol groups is 1. The fourth-order valence-corrected chi connectivity index (χ4v) is 0.324. The van der Waals surface area contributed by atoms with E-state index in [2.05, 4.69) is 12.6 Å². The van der Waals surface area contributed by atoms with Crippen LogP contribution in [0.25, 0.3) is 0 Å². The van der Waals surface area contributed by atoms with Crippen molar-refractivity contribution in [1.82, 2.24) is 0 Å². The molecule has 0 unspecified atom stereocenters. The van der Waals surface area contributed by atoms with Crippen molar-refractivity contribution < 1.29 is 4.79 Å². The minimum absolute atomic E-state index is 0.179. The van der Waals surface area contributed by atoms with Crippen LogP contribution in [0.15, 0.2) is 12.2 Å². The molecule has 0 heterocycles. The van der Waals surface area contributed by atoms with Crippen LogP contribution in [-0.4, -0.2) is 5.12 Å². The molecule has 0 aromatic rings. The summed E-state index contributed by atoms with van der Waals surface area (Å²) in [6.07, 6.45) is 4.12. The Labute approximate surface area is 48.8 Å². The van der Waals surface area contributed by atoms with Gasteiger partial charge in [0.15, 0.2) is 0 Å². The third-order valence-corrected chi connectivity index (χ3v) is 0.645. The van der Waals surface area contributed by atoms with Crippen molar-refractivity contribution in [1.29, 1.82) is 0 Å². The molecule has 0 aromatic carbocycles. The van der Waals surface area contributed by atoms with Gasteiger partial charge in [0.25, 0.3) is 0 Å². The predicted molar refractivity (Wildman–Crippen MR) is 33.4 cm³/mol. The molecule has 0 rings (SSSR count). The lowest BCUT2D eigenvalue weighted by Crippen LogP contribution is -1.72. The molecule has 1 nitrogen and oxygen atoms in total. The van der Waals surface area contributed by atoms with E-state index < -0.39 is 0 Å². The van der Waals surface area contributed by atoms with Gasteiger partial charge in [0, 0.05) is 0 Å². The summed E-state index contributed by atoms with van der Waals surface area (Å²) in [5.41, 5.74) is 0. The fourth-order valence-electron chi connectivity index (χ4n) is 0.219. The SMILES string of the molecule is CC/C=C/C(=O)S. The molecule has 40 valence electrons. The van der Waals surface area contributed by atoms with Gasteiger partial charge in [-0.1, -0.05) is 13.0 Å². The van der Waals surface area contributed by atoms with Crippen LogP contribution in [0.4, 0.5) is 0 Å². The van der Waals surface area contributed by atoms with Crippen LogP contribution >= 0.6 is 12.6 Å². The van der Waals surface area contributed by atoms with E-state index >= 15 is 0 Å². The van der Waals surface area contributed by atoms with Crippen molar-refractivity contribution in [2.24, 2.45) is 0 Å². The largest absolute Gasteiger partial charge is 0.283 e. The first kappa shape index (κ1) is 6.76. The van der Waals surface area contributed by atoms with E-state index in [0.717, 1.165) is 6.42 Å². The van der Waals surface area contributed by atoms with Crippen LogP contribution in [-0.2, 0) is 4.79 Å². The number of carbonyl (C=O) groups excluding carboxylic acids is 1. The van der Waals surface area contributed by atoms with Crippen LogP contribution in [0.3, 0.4) is 0 Å². The lowest BCUT2D eigenvalue weighted by atomic mass is 10.4. The molecule has 0 bridgehead atoms. The molecule has 0 amide bonds. The van der Waals surface area contributed by atoms with Crippen LogP contribution in [0, 0.1) is 0 Å². The molecule has 0 N–H and O–H groups in total. The van der Waals surface area contributed by atoms with Crippen molar-refractivity contribution in [3.8, 4) is 0 Å². The number of allylic oxidation sites excluding steroid dienone is 1. The highest BCUT2D eigenvalue weighted by Gasteiger charge is 1.76. The Morgan fingerprint density at radius 3 is 2.57 bits per heavy atom. The molecule has 0 aliphatic heterocycles. The lowest BCUT2D eigenvalue weighted by Gasteiger charge is -1.73. The van der Waals surface area contributed by atoms with Crippen molar-refractivity contribution >= 4 is 17.7 Å². The summed E-state index contributed by atoms with van der Waals surface area (Å²) in [6, 6.07) is 0. The van der Waals surface area contributed by atoms with Crippen LogP contribution in [0.2, 0.25) is 0 Å². The van der Waals surface area contributed by atoms with E-state index in [-0.39, 0.29) is 5.12 Å². The molecule has 2 heteroatoms. The van der Waals surface area contributed by atoms with Gasteiger partial charge in [-0.05, 0) is 12.5 Å². The van der Waals surface area contributed by atoms with E-state index in [0.29, 0.717) is 0 Å². The van der Waals surface area contributed by atoms with E-state index in [1.165, 1.54) is 6.08 Å². The maximum absolute atomic E-state index is 9.98. The smallest absolute Gasteiger partial charge is 0.208 e. The minimum Gasteiger partial charge on any atom is -0.283 e. The molecule has 0 atom stereocenters. The summed E-state index contributed by atoms with van der Waals surface area (Å²) in [5, 5.41) is -0.179. The Balaban J connectivity index is 3.26. The maximum atomic E-state index is 9.98. The summed E-state index contributed by atoms with van der Waals surface area (Å²) in [4.78, 5) is 9.98. The normalized spacial score (nSPS) is 10.0. The summed E-state index contributed by atoms with van der Waals surface area (Å²) in [6.45, 7) is 1.97. The Kier molecular flexibility index (Phi) is 3.80. The zero-order valence-corrected chi connectivity index (χ0v) is 5.11. The second-order valence-corrected chi connectivity index (χ2v) is 1.59. The highest BCUT2D eigenvalue weighted by atomic mass is 32.1. The van der Waals surface area contributed by atoms with Gasteiger partial charge >= 0.3 is 0 Å². The van der Waals surface area contributed by atoms with Crippen LogP contribution in [0.5, 0.6) is 0 Å². The first-order valence-electron chi connectivity index (χ1n) is 2.17. The number of hydrogen-bond donors (Lipinski definition) is 1. The average Bonchev–Trinajstić information content (AvgIpc) is 1.61. The molecular weight excluding hydrogens is 108 g/mol. The average molecular weight is 116 g/mol. The second kappa shape index (κ2) is 3.93. The second-order valence-electron chi connectivity index (χ2n) is 1.15. The Bertz CT molecular complexity index is 86.1. The van der Waals surface area contributed by atoms with Crippen molar-refractivity contribution in [3.63, 3.8) is 0 Å². The molecule has 0 spiro atoms. The molecule has 0 saturated carbocycles. The Morgan fingerprint density at radius 1 is 1.86 bits per heavy atom. The zero-order chi connectivity index (χ0) is 5.70. The van der Waals surface area contributed by atoms with E-state index in [1.54, 1.807) is 6.08 Å². The van der Waals surface area contributed by atoms with Gasteiger partial charge in [-0.25, -0.2) is 0 Å². The molecule has 0 aliphatic carbocycles. The predicted octanol–water partition coefficient (Wildman–Crippen LogP) is 1.41. The van der Waals surface area contributed by atoms with Gasteiger partial charge < -0.3 is 0 Å². The summed E-state index contributed by atoms with van der Waals surface area (Å²) < 4.78 is 0. The highest BCUT2D eigenvalue weighted by Crippen LogP contribution is 1.83. The maximum Gasteiger partial charge on any atom is 0.208 e. The molecule has 0 aromatic heterocycles. The summed E-state index contributed by atoms with van der Waals surface area (Å²) in [7, 11) is 0. The highest BCUT2D eigenvalue weighted by molar-refractivity contribution is 7.97. The van der Waals surface area contributed by atoms with Crippen molar-refractivity contribution in [3.05, 3.63) is 12.2 Å². The fraction of sp³-hybridized carbons (Fsp3) is 0.400. The third kappa shape index (κ3) is 5.76. The molecule has 0 fully saturated rings. The third-order valence-electron chi connectivity index (χ3n) is 0.496. The van der Waals surface area contributed by atoms with Crippen molar-refractivity contribution in [2.45, 2.75) is 13.3 Å². The summed E-state index contributed by atoms with van der Waals surface area (Å²) in [5.74, 6) is 0. The number of rotatable bonds is 2.